The topological polar surface area (TPSA) is 64.0 Å². The molecule has 0 spiro atoms. The minimum atomic E-state index is -0.268. The van der Waals surface area contributed by atoms with Gasteiger partial charge in [0, 0.05) is 19.2 Å². The molecule has 0 saturated carbocycles. The Morgan fingerprint density at radius 3 is 2.70 bits per heavy atom. The lowest BCUT2D eigenvalue weighted by Gasteiger charge is -2.09. The molecule has 0 unspecified atom stereocenters. The summed E-state index contributed by atoms with van der Waals surface area (Å²) in [5.74, 6) is -0.268. The summed E-state index contributed by atoms with van der Waals surface area (Å²) in [6.07, 6.45) is 1.83. The van der Waals surface area contributed by atoms with Gasteiger partial charge >= 0.3 is 0 Å². The van der Waals surface area contributed by atoms with Crippen molar-refractivity contribution >= 4 is 5.91 Å². The largest absolute Gasteiger partial charge is 0.347 e. The van der Waals surface area contributed by atoms with Crippen LogP contribution in [0, 0.1) is 13.8 Å². The molecule has 1 heterocycles. The molecule has 5 nitrogen and oxygen atoms in total. The van der Waals surface area contributed by atoms with Crippen LogP contribution in [-0.4, -0.2) is 15.7 Å². The molecule has 1 aromatic carbocycles. The molecule has 0 aliphatic rings. The second-order valence-corrected chi connectivity index (χ2v) is 5.75. The highest BCUT2D eigenvalue weighted by atomic mass is 16.2. The SMILES string of the molecule is CCCCn1nc(C(=O)NCc2ccc(C)cc2C)ccc1=O. The van der Waals surface area contributed by atoms with Gasteiger partial charge in [0.2, 0.25) is 0 Å². The second kappa shape index (κ2) is 7.72. The third-order valence-corrected chi connectivity index (χ3v) is 3.76. The Bertz CT molecular complexity index is 750. The normalized spacial score (nSPS) is 10.6. The first-order valence-corrected chi connectivity index (χ1v) is 7.93. The van der Waals surface area contributed by atoms with Gasteiger partial charge < -0.3 is 5.32 Å². The van der Waals surface area contributed by atoms with Crippen molar-refractivity contribution in [3.05, 3.63) is 63.1 Å². The minimum absolute atomic E-state index is 0.177. The van der Waals surface area contributed by atoms with Crippen LogP contribution in [0.3, 0.4) is 0 Å². The van der Waals surface area contributed by atoms with Gasteiger partial charge in [-0.1, -0.05) is 37.1 Å². The fourth-order valence-electron chi connectivity index (χ4n) is 2.35. The van der Waals surface area contributed by atoms with Gasteiger partial charge in [0.25, 0.3) is 11.5 Å². The first kappa shape index (κ1) is 16.9. The van der Waals surface area contributed by atoms with Crippen molar-refractivity contribution in [2.45, 2.75) is 46.7 Å². The molecule has 122 valence electrons. The molecular formula is C18H23N3O2. The molecule has 1 amide bonds. The van der Waals surface area contributed by atoms with E-state index in [1.807, 2.05) is 32.9 Å². The van der Waals surface area contributed by atoms with Crippen LogP contribution in [0.1, 0.15) is 46.9 Å². The van der Waals surface area contributed by atoms with Crippen molar-refractivity contribution in [1.29, 1.82) is 0 Å². The zero-order valence-corrected chi connectivity index (χ0v) is 13.9. The number of aryl methyl sites for hydroxylation is 3. The second-order valence-electron chi connectivity index (χ2n) is 5.75. The summed E-state index contributed by atoms with van der Waals surface area (Å²) in [6, 6.07) is 9.00. The van der Waals surface area contributed by atoms with Gasteiger partial charge in [-0.15, -0.1) is 0 Å². The zero-order chi connectivity index (χ0) is 16.8. The molecule has 1 N–H and O–H groups in total. The smallest absolute Gasteiger partial charge is 0.271 e. The van der Waals surface area contributed by atoms with Crippen LogP contribution in [0.4, 0.5) is 0 Å². The maximum atomic E-state index is 12.2. The monoisotopic (exact) mass is 313 g/mol. The number of carbonyl (C=O) groups excluding carboxylic acids is 1. The predicted molar refractivity (Wildman–Crippen MR) is 90.5 cm³/mol. The van der Waals surface area contributed by atoms with E-state index < -0.39 is 0 Å². The predicted octanol–water partition coefficient (Wildman–Crippen LogP) is 2.59. The number of unbranched alkanes of at least 4 members (excludes halogenated alkanes) is 1. The Balaban J connectivity index is 2.07. The van der Waals surface area contributed by atoms with Crippen molar-refractivity contribution in [3.8, 4) is 0 Å². The number of nitrogens with zero attached hydrogens (tertiary/aromatic N) is 2. The van der Waals surface area contributed by atoms with E-state index in [1.54, 1.807) is 0 Å². The summed E-state index contributed by atoms with van der Waals surface area (Å²) in [6.45, 7) is 7.09. The Morgan fingerprint density at radius 2 is 2.00 bits per heavy atom. The maximum absolute atomic E-state index is 12.2. The lowest BCUT2D eigenvalue weighted by molar-refractivity contribution is 0.0943. The zero-order valence-electron chi connectivity index (χ0n) is 13.9. The molecule has 2 rings (SSSR count). The molecule has 5 heteroatoms. The molecule has 0 bridgehead atoms. The van der Waals surface area contributed by atoms with Crippen LogP contribution in [-0.2, 0) is 13.1 Å². The maximum Gasteiger partial charge on any atom is 0.271 e. The number of aromatic nitrogens is 2. The molecule has 2 aromatic rings. The number of rotatable bonds is 6. The molecule has 0 radical (unpaired) electrons. The first-order chi connectivity index (χ1) is 11.0. The number of carbonyl (C=O) groups is 1. The highest BCUT2D eigenvalue weighted by Gasteiger charge is 2.10. The van der Waals surface area contributed by atoms with E-state index >= 15 is 0 Å². The highest BCUT2D eigenvalue weighted by Crippen LogP contribution is 2.10. The van der Waals surface area contributed by atoms with Gasteiger partial charge in [-0.05, 0) is 37.5 Å². The Hall–Kier alpha value is -2.43. The van der Waals surface area contributed by atoms with Crippen LogP contribution in [0.5, 0.6) is 0 Å². The van der Waals surface area contributed by atoms with Crippen molar-refractivity contribution in [2.75, 3.05) is 0 Å². The summed E-state index contributed by atoms with van der Waals surface area (Å²) in [5, 5.41) is 7.01. The van der Waals surface area contributed by atoms with Crippen molar-refractivity contribution in [2.24, 2.45) is 0 Å². The number of benzene rings is 1. The van der Waals surface area contributed by atoms with Gasteiger partial charge in [-0.25, -0.2) is 4.68 Å². The summed E-state index contributed by atoms with van der Waals surface area (Å²) in [5.41, 5.74) is 3.51. The summed E-state index contributed by atoms with van der Waals surface area (Å²) < 4.78 is 1.36. The summed E-state index contributed by atoms with van der Waals surface area (Å²) in [7, 11) is 0. The quantitative estimate of drug-likeness (QED) is 0.891. The van der Waals surface area contributed by atoms with Crippen LogP contribution < -0.4 is 10.9 Å². The van der Waals surface area contributed by atoms with Crippen molar-refractivity contribution in [1.82, 2.24) is 15.1 Å². The minimum Gasteiger partial charge on any atom is -0.347 e. The van der Waals surface area contributed by atoms with Gasteiger partial charge in [-0.3, -0.25) is 9.59 Å². The van der Waals surface area contributed by atoms with E-state index in [1.165, 1.54) is 22.4 Å². The number of amides is 1. The molecule has 0 aliphatic carbocycles. The summed E-state index contributed by atoms with van der Waals surface area (Å²) in [4.78, 5) is 24.0. The molecule has 23 heavy (non-hydrogen) atoms. The molecule has 0 fully saturated rings. The lowest BCUT2D eigenvalue weighted by atomic mass is 10.1. The van der Waals surface area contributed by atoms with E-state index in [9.17, 15) is 9.59 Å². The number of nitrogens with one attached hydrogen (secondary N) is 1. The fraction of sp³-hybridized carbons (Fsp3) is 0.389. The van der Waals surface area contributed by atoms with Crippen molar-refractivity contribution < 1.29 is 4.79 Å². The fourth-order valence-corrected chi connectivity index (χ4v) is 2.35. The van der Waals surface area contributed by atoms with Gasteiger partial charge in [0.1, 0.15) is 5.69 Å². The average Bonchev–Trinajstić information content (AvgIpc) is 2.53. The summed E-state index contributed by atoms with van der Waals surface area (Å²) >= 11 is 0. The van der Waals surface area contributed by atoms with Crippen LogP contribution >= 0.6 is 0 Å². The standard InChI is InChI=1S/C18H23N3O2/c1-4-5-10-21-17(22)9-8-16(20-21)18(23)19-12-15-7-6-13(2)11-14(15)3/h6-9,11H,4-5,10,12H2,1-3H3,(H,19,23). The number of hydrogen-bond acceptors (Lipinski definition) is 3. The van der Waals surface area contributed by atoms with Gasteiger partial charge in [-0.2, -0.15) is 5.10 Å². The molecule has 0 aliphatic heterocycles. The van der Waals surface area contributed by atoms with E-state index in [4.69, 9.17) is 0 Å². The van der Waals surface area contributed by atoms with E-state index in [0.717, 1.165) is 24.0 Å². The Labute approximate surface area is 136 Å². The third-order valence-electron chi connectivity index (χ3n) is 3.76. The molecule has 0 saturated heterocycles. The van der Waals surface area contributed by atoms with Gasteiger partial charge in [0.15, 0.2) is 0 Å². The third kappa shape index (κ3) is 4.52. The first-order valence-electron chi connectivity index (χ1n) is 7.93. The molecular weight excluding hydrogens is 290 g/mol. The highest BCUT2D eigenvalue weighted by molar-refractivity contribution is 5.91. The van der Waals surface area contributed by atoms with E-state index in [2.05, 4.69) is 16.5 Å². The lowest BCUT2D eigenvalue weighted by Crippen LogP contribution is -2.29. The average molecular weight is 313 g/mol. The van der Waals surface area contributed by atoms with E-state index in [0.29, 0.717) is 13.1 Å². The van der Waals surface area contributed by atoms with Crippen LogP contribution in [0.15, 0.2) is 35.1 Å². The molecule has 1 aromatic heterocycles. The van der Waals surface area contributed by atoms with Crippen molar-refractivity contribution in [3.63, 3.8) is 0 Å². The molecule has 0 atom stereocenters. The Kier molecular flexibility index (Phi) is 5.68. The number of hydrogen-bond donors (Lipinski definition) is 1. The van der Waals surface area contributed by atoms with E-state index in [-0.39, 0.29) is 17.2 Å². The van der Waals surface area contributed by atoms with Crippen LogP contribution in [0.2, 0.25) is 0 Å². The van der Waals surface area contributed by atoms with Crippen LogP contribution in [0.25, 0.3) is 0 Å². The Morgan fingerprint density at radius 1 is 1.22 bits per heavy atom. The van der Waals surface area contributed by atoms with Gasteiger partial charge in [0.05, 0.1) is 0 Å².